The molecule has 1 aromatic carbocycles. The number of halogens is 1. The van der Waals surface area contributed by atoms with Crippen molar-refractivity contribution in [1.29, 1.82) is 0 Å². The average Bonchev–Trinajstić information content (AvgIpc) is 3.31. The molecule has 2 aromatic rings. The van der Waals surface area contributed by atoms with E-state index in [9.17, 15) is 5.11 Å². The highest BCUT2D eigenvalue weighted by Gasteiger charge is 2.21. The number of ether oxygens (including phenoxy) is 1. The molecule has 1 heterocycles. The summed E-state index contributed by atoms with van der Waals surface area (Å²) in [4.78, 5) is 4.41. The quantitative estimate of drug-likeness (QED) is 0.785. The van der Waals surface area contributed by atoms with Gasteiger partial charge in [-0.25, -0.2) is 0 Å². The molecule has 3 rings (SSSR count). The van der Waals surface area contributed by atoms with Crippen LogP contribution < -0.4 is 5.32 Å². The van der Waals surface area contributed by atoms with Crippen LogP contribution in [0.4, 0.5) is 0 Å². The van der Waals surface area contributed by atoms with Crippen molar-refractivity contribution in [2.75, 3.05) is 19.8 Å². The number of rotatable bonds is 8. The van der Waals surface area contributed by atoms with Gasteiger partial charge < -0.3 is 15.2 Å². The Labute approximate surface area is 135 Å². The van der Waals surface area contributed by atoms with Gasteiger partial charge in [-0.1, -0.05) is 17.7 Å². The maximum Gasteiger partial charge on any atom is 0.0897 e. The Balaban J connectivity index is 1.50. The molecule has 2 N–H and O–H groups in total. The molecule has 1 aromatic heterocycles. The number of aromatic nitrogens is 1. The molecule has 0 saturated heterocycles. The first-order chi connectivity index (χ1) is 10.7. The molecule has 4 nitrogen and oxygen atoms in total. The van der Waals surface area contributed by atoms with Crippen molar-refractivity contribution in [3.05, 3.63) is 41.0 Å². The minimum absolute atomic E-state index is 0.387. The standard InChI is InChI=1S/C17H21ClN2O2/c18-15-6-13-2-1-5-20-17(13)14(7-15)8-19-9-16(21)11-22-10-12-3-4-12/h1-2,5-7,12,16,19,21H,3-4,8-11H2. The van der Waals surface area contributed by atoms with Crippen molar-refractivity contribution in [2.24, 2.45) is 5.92 Å². The number of benzene rings is 1. The van der Waals surface area contributed by atoms with Gasteiger partial charge in [0.15, 0.2) is 0 Å². The summed E-state index contributed by atoms with van der Waals surface area (Å²) in [5, 5.41) is 14.9. The first kappa shape index (κ1) is 15.7. The van der Waals surface area contributed by atoms with Crippen molar-refractivity contribution in [1.82, 2.24) is 10.3 Å². The molecule has 1 atom stereocenters. The SMILES string of the molecule is OC(CNCc1cc(Cl)cc2cccnc12)COCC1CC1. The third-order valence-corrected chi connectivity index (χ3v) is 4.02. The lowest BCUT2D eigenvalue weighted by atomic mass is 10.1. The van der Waals surface area contributed by atoms with Gasteiger partial charge in [0, 0.05) is 36.3 Å². The first-order valence-corrected chi connectivity index (χ1v) is 8.10. The number of fused-ring (bicyclic) bond motifs is 1. The van der Waals surface area contributed by atoms with E-state index in [2.05, 4.69) is 10.3 Å². The first-order valence-electron chi connectivity index (χ1n) is 7.72. The van der Waals surface area contributed by atoms with Crippen LogP contribution in [0, 0.1) is 5.92 Å². The Kier molecular flexibility index (Phi) is 5.26. The topological polar surface area (TPSA) is 54.4 Å². The summed E-state index contributed by atoms with van der Waals surface area (Å²) in [6.07, 6.45) is 3.82. The molecular formula is C17H21ClN2O2. The summed E-state index contributed by atoms with van der Waals surface area (Å²) >= 11 is 6.14. The van der Waals surface area contributed by atoms with Crippen molar-refractivity contribution in [2.45, 2.75) is 25.5 Å². The van der Waals surface area contributed by atoms with Gasteiger partial charge in [0.25, 0.3) is 0 Å². The molecule has 0 radical (unpaired) electrons. The van der Waals surface area contributed by atoms with E-state index in [0.717, 1.165) is 29.0 Å². The zero-order chi connectivity index (χ0) is 15.4. The van der Waals surface area contributed by atoms with E-state index in [1.54, 1.807) is 6.20 Å². The summed E-state index contributed by atoms with van der Waals surface area (Å²) in [5.74, 6) is 0.726. The molecule has 5 heteroatoms. The van der Waals surface area contributed by atoms with Crippen LogP contribution >= 0.6 is 11.6 Å². The van der Waals surface area contributed by atoms with E-state index in [1.807, 2.05) is 24.3 Å². The second kappa shape index (κ2) is 7.38. The smallest absolute Gasteiger partial charge is 0.0897 e. The number of nitrogens with zero attached hydrogens (tertiary/aromatic N) is 1. The fraction of sp³-hybridized carbons (Fsp3) is 0.471. The number of pyridine rings is 1. The van der Waals surface area contributed by atoms with Gasteiger partial charge in [-0.2, -0.15) is 0 Å². The average molecular weight is 321 g/mol. The van der Waals surface area contributed by atoms with E-state index >= 15 is 0 Å². The van der Waals surface area contributed by atoms with Gasteiger partial charge in [0.2, 0.25) is 0 Å². The minimum Gasteiger partial charge on any atom is -0.389 e. The number of hydrogen-bond donors (Lipinski definition) is 2. The van der Waals surface area contributed by atoms with E-state index in [4.69, 9.17) is 16.3 Å². The molecule has 1 aliphatic carbocycles. The predicted molar refractivity (Wildman–Crippen MR) is 88.0 cm³/mol. The van der Waals surface area contributed by atoms with Gasteiger partial charge >= 0.3 is 0 Å². The van der Waals surface area contributed by atoms with E-state index in [-0.39, 0.29) is 0 Å². The maximum atomic E-state index is 9.90. The highest BCUT2D eigenvalue weighted by Crippen LogP contribution is 2.28. The van der Waals surface area contributed by atoms with Gasteiger partial charge in [-0.05, 0) is 42.5 Å². The summed E-state index contributed by atoms with van der Waals surface area (Å²) in [6.45, 7) is 2.28. The summed E-state index contributed by atoms with van der Waals surface area (Å²) in [7, 11) is 0. The summed E-state index contributed by atoms with van der Waals surface area (Å²) in [6, 6.07) is 7.73. The Bertz CT molecular complexity index is 631. The van der Waals surface area contributed by atoms with E-state index in [0.29, 0.717) is 24.7 Å². The fourth-order valence-electron chi connectivity index (χ4n) is 2.45. The molecule has 0 amide bonds. The lowest BCUT2D eigenvalue weighted by Crippen LogP contribution is -2.30. The van der Waals surface area contributed by atoms with Crippen LogP contribution in [-0.2, 0) is 11.3 Å². The van der Waals surface area contributed by atoms with Crippen LogP contribution in [0.25, 0.3) is 10.9 Å². The zero-order valence-electron chi connectivity index (χ0n) is 12.5. The van der Waals surface area contributed by atoms with Crippen molar-refractivity contribution >= 4 is 22.5 Å². The second-order valence-corrected chi connectivity index (χ2v) is 6.34. The number of aliphatic hydroxyl groups excluding tert-OH is 1. The molecule has 1 saturated carbocycles. The van der Waals surface area contributed by atoms with Crippen LogP contribution in [0.3, 0.4) is 0 Å². The van der Waals surface area contributed by atoms with Gasteiger partial charge in [0.1, 0.15) is 0 Å². The van der Waals surface area contributed by atoms with Crippen LogP contribution in [-0.4, -0.2) is 36.0 Å². The third-order valence-electron chi connectivity index (χ3n) is 3.80. The third kappa shape index (κ3) is 4.40. The van der Waals surface area contributed by atoms with Gasteiger partial charge in [-0.15, -0.1) is 0 Å². The number of nitrogens with one attached hydrogen (secondary N) is 1. The Morgan fingerprint density at radius 1 is 1.41 bits per heavy atom. The van der Waals surface area contributed by atoms with Gasteiger partial charge in [0.05, 0.1) is 18.2 Å². The van der Waals surface area contributed by atoms with Crippen molar-refractivity contribution < 1.29 is 9.84 Å². The molecule has 0 aliphatic heterocycles. The molecule has 1 unspecified atom stereocenters. The number of hydrogen-bond acceptors (Lipinski definition) is 4. The zero-order valence-corrected chi connectivity index (χ0v) is 13.2. The van der Waals surface area contributed by atoms with Crippen LogP contribution in [0.5, 0.6) is 0 Å². The fourth-order valence-corrected chi connectivity index (χ4v) is 2.70. The van der Waals surface area contributed by atoms with Gasteiger partial charge in [-0.3, -0.25) is 4.98 Å². The summed E-state index contributed by atoms with van der Waals surface area (Å²) in [5.41, 5.74) is 1.98. The lowest BCUT2D eigenvalue weighted by Gasteiger charge is -2.13. The van der Waals surface area contributed by atoms with Crippen molar-refractivity contribution in [3.63, 3.8) is 0 Å². The molecule has 1 aliphatic rings. The second-order valence-electron chi connectivity index (χ2n) is 5.91. The van der Waals surface area contributed by atoms with E-state index < -0.39 is 6.10 Å². The highest BCUT2D eigenvalue weighted by atomic mass is 35.5. The van der Waals surface area contributed by atoms with E-state index in [1.165, 1.54) is 12.8 Å². The maximum absolute atomic E-state index is 9.90. The Morgan fingerprint density at radius 3 is 3.09 bits per heavy atom. The molecule has 0 spiro atoms. The molecule has 118 valence electrons. The Morgan fingerprint density at radius 2 is 2.27 bits per heavy atom. The van der Waals surface area contributed by atoms with Crippen LogP contribution in [0.2, 0.25) is 5.02 Å². The normalized spacial score (nSPS) is 16.1. The number of aliphatic hydroxyl groups is 1. The molecular weight excluding hydrogens is 300 g/mol. The predicted octanol–water partition coefficient (Wildman–Crippen LogP) is 2.77. The van der Waals surface area contributed by atoms with Crippen LogP contribution in [0.15, 0.2) is 30.5 Å². The highest BCUT2D eigenvalue weighted by molar-refractivity contribution is 6.31. The minimum atomic E-state index is -0.489. The molecule has 1 fully saturated rings. The lowest BCUT2D eigenvalue weighted by molar-refractivity contribution is 0.0324. The van der Waals surface area contributed by atoms with Crippen LogP contribution in [0.1, 0.15) is 18.4 Å². The van der Waals surface area contributed by atoms with Crippen molar-refractivity contribution in [3.8, 4) is 0 Å². The molecule has 0 bridgehead atoms. The molecule has 22 heavy (non-hydrogen) atoms. The monoisotopic (exact) mass is 320 g/mol. The largest absolute Gasteiger partial charge is 0.389 e. The Hall–Kier alpha value is -1.20. The summed E-state index contributed by atoms with van der Waals surface area (Å²) < 4.78 is 5.49.